The predicted molar refractivity (Wildman–Crippen MR) is 147 cm³/mol. The van der Waals surface area contributed by atoms with E-state index in [1.54, 1.807) is 36.4 Å². The topological polar surface area (TPSA) is 142 Å². The molecule has 0 atom stereocenters. The average Bonchev–Trinajstić information content (AvgIpc) is 3.00. The Hall–Kier alpha value is -4.60. The molecule has 4 aliphatic heterocycles. The summed E-state index contributed by atoms with van der Waals surface area (Å²) in [6, 6.07) is 17.1. The molecule has 1 aliphatic carbocycles. The SMILES string of the molecule is O=C1NCc2ccc(cc2)CNC(=O)c2cccc(n2)C(=O)NC[C@H]2CC[C@H](CC2)CNC(=O)c2cccc1n2. The number of pyridine rings is 2. The zero-order valence-corrected chi connectivity index (χ0v) is 22.1. The van der Waals surface area contributed by atoms with Gasteiger partial charge in [0.1, 0.15) is 22.8 Å². The number of carbonyl (C=O) groups is 4. The highest BCUT2D eigenvalue weighted by atomic mass is 16.2. The maximum Gasteiger partial charge on any atom is 0.270 e. The van der Waals surface area contributed by atoms with Crippen molar-refractivity contribution in [3.63, 3.8) is 0 Å². The van der Waals surface area contributed by atoms with Crippen LogP contribution in [0.15, 0.2) is 60.7 Å². The second kappa shape index (κ2) is 12.5. The molecule has 4 amide bonds. The summed E-state index contributed by atoms with van der Waals surface area (Å²) in [7, 11) is 0. The number of rotatable bonds is 0. The van der Waals surface area contributed by atoms with Crippen molar-refractivity contribution in [2.24, 2.45) is 11.8 Å². The van der Waals surface area contributed by atoms with Crippen LogP contribution in [-0.2, 0) is 13.1 Å². The second-order valence-electron chi connectivity index (χ2n) is 10.3. The number of amides is 4. The first kappa shape index (κ1) is 27.0. The number of carbonyl (C=O) groups excluding carboxylic acids is 4. The molecule has 206 valence electrons. The standard InChI is InChI=1S/C30H32N6O4/c37-27-23-3-1-4-24(35-23)28(38)32-16-20-9-13-22(14-10-20)18-34-30(40)26-6-2-5-25(36-26)29(39)33-17-21-11-7-19(8-12-21)15-31-27/h1-8,11-12,20,22H,9-10,13-18H2,(H,31,37)(H,32,38)(H,33,39)(H,34,40)/t20-,22+. The lowest BCUT2D eigenvalue weighted by molar-refractivity contribution is 0.0912. The molecular formula is C30H32N6O4. The van der Waals surface area contributed by atoms with E-state index in [0.717, 1.165) is 36.8 Å². The molecule has 40 heavy (non-hydrogen) atoms. The van der Waals surface area contributed by atoms with Gasteiger partial charge in [-0.05, 0) is 72.9 Å². The number of nitrogens with one attached hydrogen (secondary N) is 4. The summed E-state index contributed by atoms with van der Waals surface area (Å²) in [4.78, 5) is 59.4. The third-order valence-electron chi connectivity index (χ3n) is 7.43. The van der Waals surface area contributed by atoms with Crippen molar-refractivity contribution >= 4 is 23.6 Å². The maximum atomic E-state index is 12.7. The van der Waals surface area contributed by atoms with E-state index in [2.05, 4.69) is 31.2 Å². The first-order valence-corrected chi connectivity index (χ1v) is 13.6. The van der Waals surface area contributed by atoms with Crippen LogP contribution in [0.2, 0.25) is 0 Å². The fraction of sp³-hybridized carbons (Fsp3) is 0.333. The Balaban J connectivity index is 1.31. The molecule has 0 saturated heterocycles. The summed E-state index contributed by atoms with van der Waals surface area (Å²) in [5, 5.41) is 11.6. The van der Waals surface area contributed by atoms with E-state index >= 15 is 0 Å². The molecule has 10 nitrogen and oxygen atoms in total. The third-order valence-corrected chi connectivity index (χ3v) is 7.43. The van der Waals surface area contributed by atoms with Gasteiger partial charge in [0.15, 0.2) is 0 Å². The predicted octanol–water partition coefficient (Wildman–Crippen LogP) is 2.62. The first-order valence-electron chi connectivity index (χ1n) is 13.6. The van der Waals surface area contributed by atoms with Crippen molar-refractivity contribution in [3.8, 4) is 0 Å². The van der Waals surface area contributed by atoms with Gasteiger partial charge in [-0.3, -0.25) is 19.2 Å². The van der Waals surface area contributed by atoms with Crippen LogP contribution >= 0.6 is 0 Å². The summed E-state index contributed by atoms with van der Waals surface area (Å²) in [6.45, 7) is 1.63. The minimum absolute atomic E-state index is 0.175. The molecule has 3 aromatic rings. The van der Waals surface area contributed by atoms with E-state index < -0.39 is 0 Å². The summed E-state index contributed by atoms with van der Waals surface area (Å²) in [5.74, 6) is -0.667. The van der Waals surface area contributed by atoms with Crippen LogP contribution in [0.4, 0.5) is 0 Å². The zero-order chi connectivity index (χ0) is 27.9. The van der Waals surface area contributed by atoms with Gasteiger partial charge in [-0.25, -0.2) is 9.97 Å². The highest BCUT2D eigenvalue weighted by Crippen LogP contribution is 2.28. The average molecular weight is 541 g/mol. The molecule has 0 spiro atoms. The normalized spacial score (nSPS) is 20.7. The molecule has 4 N–H and O–H groups in total. The van der Waals surface area contributed by atoms with Crippen LogP contribution in [0.5, 0.6) is 0 Å². The Kier molecular flexibility index (Phi) is 8.44. The Bertz CT molecular complexity index is 1290. The largest absolute Gasteiger partial charge is 0.350 e. The minimum atomic E-state index is -0.368. The molecule has 0 radical (unpaired) electrons. The highest BCUT2D eigenvalue weighted by Gasteiger charge is 2.23. The molecule has 5 aliphatic rings. The lowest BCUT2D eigenvalue weighted by Crippen LogP contribution is -2.35. The minimum Gasteiger partial charge on any atom is -0.350 e. The van der Waals surface area contributed by atoms with Crippen molar-refractivity contribution in [3.05, 3.63) is 94.6 Å². The Morgan fingerprint density at radius 3 is 1.15 bits per heavy atom. The first-order chi connectivity index (χ1) is 19.4. The molecule has 1 fully saturated rings. The number of aromatic nitrogens is 2. The molecule has 0 unspecified atom stereocenters. The number of hydrogen-bond donors (Lipinski definition) is 4. The van der Waals surface area contributed by atoms with Crippen LogP contribution in [0, 0.1) is 11.8 Å². The Morgan fingerprint density at radius 1 is 0.475 bits per heavy atom. The van der Waals surface area contributed by atoms with E-state index in [1.807, 2.05) is 24.3 Å². The second-order valence-corrected chi connectivity index (χ2v) is 10.3. The van der Waals surface area contributed by atoms with Gasteiger partial charge in [0.25, 0.3) is 23.6 Å². The maximum absolute atomic E-state index is 12.7. The van der Waals surface area contributed by atoms with E-state index in [1.165, 1.54) is 0 Å². The van der Waals surface area contributed by atoms with Gasteiger partial charge in [0.2, 0.25) is 0 Å². The van der Waals surface area contributed by atoms with Crippen molar-refractivity contribution in [2.75, 3.05) is 13.1 Å². The Morgan fingerprint density at radius 2 is 0.800 bits per heavy atom. The zero-order valence-electron chi connectivity index (χ0n) is 22.1. The van der Waals surface area contributed by atoms with Crippen molar-refractivity contribution < 1.29 is 19.2 Å². The van der Waals surface area contributed by atoms with Gasteiger partial charge in [-0.15, -0.1) is 0 Å². The van der Waals surface area contributed by atoms with Gasteiger partial charge >= 0.3 is 0 Å². The summed E-state index contributed by atoms with van der Waals surface area (Å²) >= 11 is 0. The highest BCUT2D eigenvalue weighted by molar-refractivity contribution is 5.97. The van der Waals surface area contributed by atoms with Crippen LogP contribution in [0.25, 0.3) is 0 Å². The van der Waals surface area contributed by atoms with Gasteiger partial charge in [0.05, 0.1) is 0 Å². The van der Waals surface area contributed by atoms with Crippen molar-refractivity contribution in [1.82, 2.24) is 31.2 Å². The smallest absolute Gasteiger partial charge is 0.270 e. The molecule has 1 saturated carbocycles. The van der Waals surface area contributed by atoms with E-state index in [4.69, 9.17) is 0 Å². The summed E-state index contributed by atoms with van der Waals surface area (Å²) in [6.07, 6.45) is 3.74. The van der Waals surface area contributed by atoms with Crippen molar-refractivity contribution in [2.45, 2.75) is 38.8 Å². The fourth-order valence-corrected chi connectivity index (χ4v) is 4.99. The van der Waals surface area contributed by atoms with Gasteiger partial charge < -0.3 is 21.3 Å². The summed E-state index contributed by atoms with van der Waals surface area (Å²) in [5.41, 5.74) is 2.49. The van der Waals surface area contributed by atoms with Crippen molar-refractivity contribution in [1.29, 1.82) is 0 Å². The molecule has 8 rings (SSSR count). The van der Waals surface area contributed by atoms with Gasteiger partial charge in [-0.2, -0.15) is 0 Å². The van der Waals surface area contributed by atoms with E-state index in [9.17, 15) is 19.2 Å². The summed E-state index contributed by atoms with van der Waals surface area (Å²) < 4.78 is 0. The number of benzene rings is 1. The molecule has 2 aromatic heterocycles. The quantitative estimate of drug-likeness (QED) is 0.345. The molecule has 1 aromatic carbocycles. The van der Waals surface area contributed by atoms with E-state index in [0.29, 0.717) is 24.9 Å². The van der Waals surface area contributed by atoms with E-state index in [-0.39, 0.29) is 59.5 Å². The van der Waals surface area contributed by atoms with Crippen LogP contribution in [0.3, 0.4) is 0 Å². The van der Waals surface area contributed by atoms with Gasteiger partial charge in [0, 0.05) is 26.2 Å². The molecule has 8 bridgehead atoms. The lowest BCUT2D eigenvalue weighted by atomic mass is 9.82. The van der Waals surface area contributed by atoms with Crippen LogP contribution in [0.1, 0.15) is 78.8 Å². The van der Waals surface area contributed by atoms with Crippen LogP contribution in [-0.4, -0.2) is 46.7 Å². The lowest BCUT2D eigenvalue weighted by Gasteiger charge is -2.28. The monoisotopic (exact) mass is 540 g/mol. The number of hydrogen-bond acceptors (Lipinski definition) is 6. The molecule has 6 heterocycles. The van der Waals surface area contributed by atoms with Crippen LogP contribution < -0.4 is 21.3 Å². The third kappa shape index (κ3) is 6.88. The van der Waals surface area contributed by atoms with Gasteiger partial charge in [-0.1, -0.05) is 36.4 Å². The Labute approximate surface area is 232 Å². The molecular weight excluding hydrogens is 508 g/mol. The molecule has 10 heteroatoms. The number of nitrogens with zero attached hydrogens (tertiary/aromatic N) is 2. The fourth-order valence-electron chi connectivity index (χ4n) is 4.99.